The van der Waals surface area contributed by atoms with Crippen LogP contribution in [0.25, 0.3) is 11.3 Å². The molecule has 2 aromatic carbocycles. The Kier molecular flexibility index (Phi) is 5.24. The standard InChI is InChI=1S/C19H15BrClN5S/c1-12-17(24-23-16-4-2-3-15(21)9-16)10-26(25-12)19-22-18(11-27-19)13-5-7-14(20)8-6-13/h2-9,11,23H,10H2,1H3/b24-17+. The number of thiazole rings is 1. The third-order valence-corrected chi connectivity index (χ3v) is 5.60. The lowest BCUT2D eigenvalue weighted by molar-refractivity contribution is 0.981. The molecule has 0 saturated heterocycles. The largest absolute Gasteiger partial charge is 0.278 e. The van der Waals surface area contributed by atoms with Gasteiger partial charge in [-0.3, -0.25) is 5.43 Å². The van der Waals surface area contributed by atoms with Crippen molar-refractivity contribution in [2.75, 3.05) is 17.0 Å². The Morgan fingerprint density at radius 2 is 2.04 bits per heavy atom. The molecule has 27 heavy (non-hydrogen) atoms. The molecule has 0 fully saturated rings. The number of hydrazone groups is 2. The average Bonchev–Trinajstić information content (AvgIpc) is 3.28. The number of halogens is 2. The van der Waals surface area contributed by atoms with E-state index in [1.54, 1.807) is 11.3 Å². The second-order valence-corrected chi connectivity index (χ2v) is 8.13. The van der Waals surface area contributed by atoms with E-state index in [0.717, 1.165) is 38.0 Å². The fraction of sp³-hybridized carbons (Fsp3) is 0.105. The minimum Gasteiger partial charge on any atom is -0.278 e. The van der Waals surface area contributed by atoms with Gasteiger partial charge in [-0.1, -0.05) is 45.7 Å². The highest BCUT2D eigenvalue weighted by Crippen LogP contribution is 2.29. The zero-order valence-electron chi connectivity index (χ0n) is 14.4. The third-order valence-electron chi connectivity index (χ3n) is 3.99. The number of nitrogens with zero attached hydrogens (tertiary/aromatic N) is 4. The summed E-state index contributed by atoms with van der Waals surface area (Å²) in [5.41, 5.74) is 7.64. The molecule has 3 aromatic rings. The molecule has 1 aliphatic rings. The van der Waals surface area contributed by atoms with Gasteiger partial charge in [0.05, 0.1) is 23.6 Å². The van der Waals surface area contributed by atoms with Crippen molar-refractivity contribution in [3.8, 4) is 11.3 Å². The Morgan fingerprint density at radius 3 is 2.81 bits per heavy atom. The van der Waals surface area contributed by atoms with E-state index in [1.165, 1.54) is 0 Å². The van der Waals surface area contributed by atoms with Crippen molar-refractivity contribution >= 4 is 61.1 Å². The Balaban J connectivity index is 1.48. The summed E-state index contributed by atoms with van der Waals surface area (Å²) in [7, 11) is 0. The van der Waals surface area contributed by atoms with Crippen LogP contribution in [0.3, 0.4) is 0 Å². The molecule has 0 radical (unpaired) electrons. The van der Waals surface area contributed by atoms with Gasteiger partial charge in [-0.15, -0.1) is 11.3 Å². The second-order valence-electron chi connectivity index (χ2n) is 5.95. The van der Waals surface area contributed by atoms with Crippen LogP contribution < -0.4 is 10.4 Å². The number of hydrogen-bond acceptors (Lipinski definition) is 6. The maximum absolute atomic E-state index is 6.00. The molecule has 0 unspecified atom stereocenters. The first-order valence-corrected chi connectivity index (χ1v) is 10.3. The van der Waals surface area contributed by atoms with Crippen LogP contribution in [0, 0.1) is 0 Å². The van der Waals surface area contributed by atoms with E-state index in [4.69, 9.17) is 16.6 Å². The summed E-state index contributed by atoms with van der Waals surface area (Å²) < 4.78 is 1.05. The SMILES string of the molecule is CC1=NN(c2nc(-c3ccc(Br)cc3)cs2)C/C1=N\Nc1cccc(Cl)c1. The summed E-state index contributed by atoms with van der Waals surface area (Å²) in [6.45, 7) is 2.52. The zero-order chi connectivity index (χ0) is 18.8. The quantitative estimate of drug-likeness (QED) is 0.494. The summed E-state index contributed by atoms with van der Waals surface area (Å²) in [6.07, 6.45) is 0. The maximum Gasteiger partial charge on any atom is 0.206 e. The minimum absolute atomic E-state index is 0.576. The second kappa shape index (κ2) is 7.80. The molecular weight excluding hydrogens is 446 g/mol. The smallest absolute Gasteiger partial charge is 0.206 e. The summed E-state index contributed by atoms with van der Waals surface area (Å²) >= 11 is 11.0. The Bertz CT molecular complexity index is 1030. The first kappa shape index (κ1) is 18.2. The summed E-state index contributed by atoms with van der Waals surface area (Å²) in [4.78, 5) is 4.72. The Hall–Kier alpha value is -2.22. The van der Waals surface area contributed by atoms with Crippen LogP contribution in [0.4, 0.5) is 10.8 Å². The van der Waals surface area contributed by atoms with E-state index in [1.807, 2.05) is 65.8 Å². The van der Waals surface area contributed by atoms with E-state index in [0.29, 0.717) is 11.6 Å². The van der Waals surface area contributed by atoms with Gasteiger partial charge in [0.25, 0.3) is 0 Å². The van der Waals surface area contributed by atoms with Crippen molar-refractivity contribution in [3.05, 3.63) is 63.4 Å². The van der Waals surface area contributed by atoms with Crippen LogP contribution in [0.2, 0.25) is 5.02 Å². The molecule has 0 aliphatic carbocycles. The van der Waals surface area contributed by atoms with Gasteiger partial charge in [0.15, 0.2) is 0 Å². The number of aromatic nitrogens is 1. The van der Waals surface area contributed by atoms with Gasteiger partial charge in [-0.05, 0) is 37.3 Å². The fourth-order valence-electron chi connectivity index (χ4n) is 2.58. The van der Waals surface area contributed by atoms with E-state index in [9.17, 15) is 0 Å². The molecule has 0 bridgehead atoms. The number of rotatable bonds is 4. The van der Waals surface area contributed by atoms with Crippen LogP contribution in [-0.4, -0.2) is 23.0 Å². The van der Waals surface area contributed by atoms with Gasteiger partial charge in [0.1, 0.15) is 5.71 Å². The van der Waals surface area contributed by atoms with Crippen LogP contribution >= 0.6 is 38.9 Å². The van der Waals surface area contributed by atoms with Gasteiger partial charge >= 0.3 is 0 Å². The molecule has 0 saturated carbocycles. The molecule has 1 aromatic heterocycles. The first-order chi connectivity index (χ1) is 13.1. The highest BCUT2D eigenvalue weighted by atomic mass is 79.9. The van der Waals surface area contributed by atoms with Crippen molar-refractivity contribution in [1.82, 2.24) is 4.98 Å². The predicted octanol–water partition coefficient (Wildman–Crippen LogP) is 5.89. The normalized spacial score (nSPS) is 15.3. The molecule has 5 nitrogen and oxygen atoms in total. The van der Waals surface area contributed by atoms with E-state index < -0.39 is 0 Å². The zero-order valence-corrected chi connectivity index (χ0v) is 17.5. The van der Waals surface area contributed by atoms with Gasteiger partial charge < -0.3 is 0 Å². The average molecular weight is 461 g/mol. The molecule has 4 rings (SSSR count). The molecule has 0 atom stereocenters. The van der Waals surface area contributed by atoms with Crippen LogP contribution in [0.1, 0.15) is 6.92 Å². The number of benzene rings is 2. The summed E-state index contributed by atoms with van der Waals surface area (Å²) in [5.74, 6) is 0. The molecule has 0 amide bonds. The fourth-order valence-corrected chi connectivity index (χ4v) is 3.82. The Morgan fingerprint density at radius 1 is 1.22 bits per heavy atom. The highest BCUT2D eigenvalue weighted by molar-refractivity contribution is 9.10. The monoisotopic (exact) mass is 459 g/mol. The van der Waals surface area contributed by atoms with Crippen LogP contribution in [-0.2, 0) is 0 Å². The molecule has 0 spiro atoms. The van der Waals surface area contributed by atoms with Crippen LogP contribution in [0.5, 0.6) is 0 Å². The molecule has 8 heteroatoms. The molecule has 1 aliphatic heterocycles. The van der Waals surface area contributed by atoms with E-state index in [2.05, 4.69) is 31.6 Å². The van der Waals surface area contributed by atoms with Crippen molar-refractivity contribution in [1.29, 1.82) is 0 Å². The lowest BCUT2D eigenvalue weighted by atomic mass is 10.2. The van der Waals surface area contributed by atoms with E-state index in [-0.39, 0.29) is 0 Å². The van der Waals surface area contributed by atoms with Crippen molar-refractivity contribution in [3.63, 3.8) is 0 Å². The topological polar surface area (TPSA) is 52.9 Å². The maximum atomic E-state index is 6.00. The third kappa shape index (κ3) is 4.21. The molecular formula is C19H15BrClN5S. The summed E-state index contributed by atoms with van der Waals surface area (Å²) in [6, 6.07) is 15.6. The van der Waals surface area contributed by atoms with E-state index >= 15 is 0 Å². The van der Waals surface area contributed by atoms with Gasteiger partial charge in [0.2, 0.25) is 5.13 Å². The summed E-state index contributed by atoms with van der Waals surface area (Å²) in [5, 5.41) is 14.5. The van der Waals surface area contributed by atoms with Crippen molar-refractivity contribution in [2.24, 2.45) is 10.2 Å². The minimum atomic E-state index is 0.576. The molecule has 136 valence electrons. The van der Waals surface area contributed by atoms with Crippen molar-refractivity contribution in [2.45, 2.75) is 6.92 Å². The van der Waals surface area contributed by atoms with Gasteiger partial charge in [-0.2, -0.15) is 10.2 Å². The highest BCUT2D eigenvalue weighted by Gasteiger charge is 2.22. The molecule has 2 heterocycles. The number of anilines is 2. The molecule has 1 N–H and O–H groups in total. The Labute approximate surface area is 174 Å². The number of nitrogens with one attached hydrogen (secondary N) is 1. The lowest BCUT2D eigenvalue weighted by Crippen LogP contribution is -2.19. The van der Waals surface area contributed by atoms with Gasteiger partial charge in [-0.25, -0.2) is 9.99 Å². The predicted molar refractivity (Wildman–Crippen MR) is 118 cm³/mol. The lowest BCUT2D eigenvalue weighted by Gasteiger charge is -2.08. The van der Waals surface area contributed by atoms with Crippen LogP contribution in [0.15, 0.2) is 68.6 Å². The van der Waals surface area contributed by atoms with Crippen molar-refractivity contribution < 1.29 is 0 Å². The first-order valence-electron chi connectivity index (χ1n) is 8.21. The number of hydrogen-bond donors (Lipinski definition) is 1. The van der Waals surface area contributed by atoms with Gasteiger partial charge in [0, 0.05) is 20.4 Å².